The van der Waals surface area contributed by atoms with E-state index in [1.807, 2.05) is 41.8 Å². The first-order valence-electron chi connectivity index (χ1n) is 4.36. The van der Waals surface area contributed by atoms with E-state index >= 15 is 0 Å². The predicted octanol–water partition coefficient (Wildman–Crippen LogP) is 3.46. The van der Waals surface area contributed by atoms with E-state index in [2.05, 4.69) is 6.58 Å². The summed E-state index contributed by atoms with van der Waals surface area (Å²) in [6.45, 7) is 4.01. The number of thioether (sulfide) groups is 1. The van der Waals surface area contributed by atoms with Gasteiger partial charge in [-0.1, -0.05) is 42.6 Å². The van der Waals surface area contributed by atoms with Gasteiger partial charge in [0.05, 0.1) is 0 Å². The lowest BCUT2D eigenvalue weighted by Gasteiger charge is -2.09. The second kappa shape index (κ2) is 3.76. The molecule has 0 aromatic heterocycles. The molecule has 70 valence electrons. The molecule has 2 heteroatoms. The van der Waals surface area contributed by atoms with Gasteiger partial charge in [0, 0.05) is 10.6 Å². The molecule has 1 aliphatic rings. The van der Waals surface area contributed by atoms with Gasteiger partial charge < -0.3 is 5.73 Å². The van der Waals surface area contributed by atoms with Crippen LogP contribution >= 0.6 is 11.8 Å². The topological polar surface area (TPSA) is 26.0 Å². The van der Waals surface area contributed by atoms with Crippen LogP contribution in [0.1, 0.15) is 5.56 Å². The molecule has 0 atom stereocenters. The summed E-state index contributed by atoms with van der Waals surface area (Å²) in [5, 5.41) is 2.04. The minimum atomic E-state index is 0.794. The van der Waals surface area contributed by atoms with E-state index in [1.165, 1.54) is 0 Å². The van der Waals surface area contributed by atoms with E-state index in [4.69, 9.17) is 5.73 Å². The fourth-order valence-corrected chi connectivity index (χ4v) is 2.17. The Morgan fingerprint density at radius 2 is 2.07 bits per heavy atom. The zero-order valence-electron chi connectivity index (χ0n) is 7.73. The lowest BCUT2D eigenvalue weighted by Crippen LogP contribution is -1.89. The molecule has 0 unspecified atom stereocenters. The summed E-state index contributed by atoms with van der Waals surface area (Å²) in [4.78, 5) is 1.16. The highest BCUT2D eigenvalue weighted by atomic mass is 32.2. The Morgan fingerprint density at radius 3 is 2.93 bits per heavy atom. The van der Waals surface area contributed by atoms with Gasteiger partial charge in [0.2, 0.25) is 0 Å². The highest BCUT2D eigenvalue weighted by Crippen LogP contribution is 2.32. The molecule has 2 N–H and O–H groups in total. The molecule has 1 nitrogen and oxygen atoms in total. The summed E-state index contributed by atoms with van der Waals surface area (Å²) in [7, 11) is 0. The van der Waals surface area contributed by atoms with Crippen LogP contribution in [0.5, 0.6) is 0 Å². The summed E-state index contributed by atoms with van der Waals surface area (Å²) >= 11 is 1.67. The summed E-state index contributed by atoms with van der Waals surface area (Å²) in [6, 6.07) is 5.90. The van der Waals surface area contributed by atoms with Crippen LogP contribution in [-0.4, -0.2) is 0 Å². The highest BCUT2D eigenvalue weighted by Gasteiger charge is 2.05. The van der Waals surface area contributed by atoms with Gasteiger partial charge in [0.1, 0.15) is 0 Å². The van der Waals surface area contributed by atoms with Crippen molar-refractivity contribution in [1.29, 1.82) is 0 Å². The van der Waals surface area contributed by atoms with Gasteiger partial charge in [-0.3, -0.25) is 0 Å². The lowest BCUT2D eigenvalue weighted by molar-refractivity contribution is 1.41. The van der Waals surface area contributed by atoms with Crippen LogP contribution in [-0.2, 0) is 0 Å². The molecule has 1 heterocycles. The Labute approximate surface area is 88.0 Å². The Kier molecular flexibility index (Phi) is 2.46. The number of nitrogens with two attached hydrogens (primary N) is 1. The monoisotopic (exact) mass is 201 g/mol. The third-order valence-electron chi connectivity index (χ3n) is 2.03. The molecule has 0 amide bonds. The first-order chi connectivity index (χ1) is 6.77. The van der Waals surface area contributed by atoms with Crippen LogP contribution in [0.15, 0.2) is 53.3 Å². The number of fused-ring (bicyclic) bond motifs is 1. The van der Waals surface area contributed by atoms with E-state index in [0.717, 1.165) is 21.7 Å². The van der Waals surface area contributed by atoms with Gasteiger partial charge in [-0.15, -0.1) is 0 Å². The van der Waals surface area contributed by atoms with Crippen LogP contribution in [0.4, 0.5) is 5.69 Å². The van der Waals surface area contributed by atoms with Gasteiger partial charge in [0.25, 0.3) is 0 Å². The largest absolute Gasteiger partial charge is 0.399 e. The number of nitrogen functional groups attached to an aromatic ring is 1. The second-order valence-electron chi connectivity index (χ2n) is 3.09. The molecular weight excluding hydrogens is 190 g/mol. The van der Waals surface area contributed by atoms with E-state index in [1.54, 1.807) is 11.8 Å². The molecule has 14 heavy (non-hydrogen) atoms. The Hall–Kier alpha value is -1.41. The summed E-state index contributed by atoms with van der Waals surface area (Å²) in [6.07, 6.45) is 6.00. The number of benzene rings is 1. The predicted molar refractivity (Wildman–Crippen MR) is 64.0 cm³/mol. The molecule has 0 fully saturated rings. The summed E-state index contributed by atoms with van der Waals surface area (Å²) in [5.41, 5.74) is 8.71. The average molecular weight is 201 g/mol. The third kappa shape index (κ3) is 1.75. The van der Waals surface area contributed by atoms with Crippen molar-refractivity contribution >= 4 is 23.0 Å². The number of allylic oxidation sites excluding steroid dienone is 4. The van der Waals surface area contributed by atoms with Crippen molar-refractivity contribution in [2.24, 2.45) is 0 Å². The lowest BCUT2D eigenvalue weighted by atomic mass is 10.1. The molecule has 0 bridgehead atoms. The van der Waals surface area contributed by atoms with Crippen molar-refractivity contribution in [2.45, 2.75) is 4.90 Å². The molecule has 1 aromatic rings. The summed E-state index contributed by atoms with van der Waals surface area (Å²) < 4.78 is 0. The number of hydrogen-bond donors (Lipinski definition) is 1. The molecule has 0 saturated heterocycles. The maximum absolute atomic E-state index is 5.73. The van der Waals surface area contributed by atoms with Crippen molar-refractivity contribution in [3.63, 3.8) is 0 Å². The van der Waals surface area contributed by atoms with Crippen LogP contribution in [0, 0.1) is 0 Å². The maximum atomic E-state index is 5.73. The van der Waals surface area contributed by atoms with Gasteiger partial charge >= 0.3 is 0 Å². The van der Waals surface area contributed by atoms with Crippen LogP contribution in [0.25, 0.3) is 5.57 Å². The minimum absolute atomic E-state index is 0.794. The fourth-order valence-electron chi connectivity index (χ4n) is 1.32. The standard InChI is InChI=1S/C12H11NS/c1-9-4-2-3-7-14-12-8-10(13)5-6-11(9)12/h2-8H,1,13H2/b4-2-,7-3-. The Bertz CT molecular complexity index is 430. The SMILES string of the molecule is C=C1/C=C\C=C/Sc2cc(N)ccc21. The zero-order valence-corrected chi connectivity index (χ0v) is 8.55. The normalized spacial score (nSPS) is 19.3. The molecule has 0 aliphatic carbocycles. The molecular formula is C12H11NS. The van der Waals surface area contributed by atoms with E-state index in [9.17, 15) is 0 Å². The Morgan fingerprint density at radius 1 is 1.21 bits per heavy atom. The molecule has 1 aromatic carbocycles. The van der Waals surface area contributed by atoms with Crippen molar-refractivity contribution in [1.82, 2.24) is 0 Å². The van der Waals surface area contributed by atoms with E-state index < -0.39 is 0 Å². The van der Waals surface area contributed by atoms with E-state index in [0.29, 0.717) is 0 Å². The first kappa shape index (κ1) is 9.16. The van der Waals surface area contributed by atoms with Crippen LogP contribution in [0.3, 0.4) is 0 Å². The maximum Gasteiger partial charge on any atom is 0.0325 e. The van der Waals surface area contributed by atoms with Crippen LogP contribution in [0.2, 0.25) is 0 Å². The average Bonchev–Trinajstić information content (AvgIpc) is 2.14. The van der Waals surface area contributed by atoms with Crippen LogP contribution < -0.4 is 5.73 Å². The van der Waals surface area contributed by atoms with E-state index in [-0.39, 0.29) is 0 Å². The van der Waals surface area contributed by atoms with Gasteiger partial charge in [-0.2, -0.15) is 0 Å². The quantitative estimate of drug-likeness (QED) is 0.650. The van der Waals surface area contributed by atoms with Gasteiger partial charge in [-0.25, -0.2) is 0 Å². The van der Waals surface area contributed by atoms with Gasteiger partial charge in [-0.05, 0) is 28.7 Å². The van der Waals surface area contributed by atoms with Crippen molar-refractivity contribution in [3.05, 3.63) is 54.0 Å². The Balaban J connectivity index is 2.55. The minimum Gasteiger partial charge on any atom is -0.399 e. The molecule has 0 spiro atoms. The second-order valence-corrected chi connectivity index (χ2v) is 4.03. The van der Waals surface area contributed by atoms with Crippen molar-refractivity contribution < 1.29 is 0 Å². The number of rotatable bonds is 0. The smallest absolute Gasteiger partial charge is 0.0325 e. The molecule has 1 aliphatic heterocycles. The third-order valence-corrected chi connectivity index (χ3v) is 2.92. The van der Waals surface area contributed by atoms with Gasteiger partial charge in [0.15, 0.2) is 0 Å². The number of anilines is 1. The molecule has 0 saturated carbocycles. The summed E-state index contributed by atoms with van der Waals surface area (Å²) in [5.74, 6) is 0. The zero-order chi connectivity index (χ0) is 9.97. The van der Waals surface area contributed by atoms with Crippen molar-refractivity contribution in [2.75, 3.05) is 5.73 Å². The fraction of sp³-hybridized carbons (Fsp3) is 0. The first-order valence-corrected chi connectivity index (χ1v) is 5.24. The molecule has 0 radical (unpaired) electrons. The number of hydrogen-bond acceptors (Lipinski definition) is 2. The van der Waals surface area contributed by atoms with Crippen molar-refractivity contribution in [3.8, 4) is 0 Å². The molecule has 2 rings (SSSR count). The highest BCUT2D eigenvalue weighted by molar-refractivity contribution is 8.02.